The highest BCUT2D eigenvalue weighted by molar-refractivity contribution is 6.32. The average molecular weight is 375 g/mol. The molecule has 0 radical (unpaired) electrons. The Labute approximate surface area is 159 Å². The van der Waals surface area contributed by atoms with E-state index in [-0.39, 0.29) is 11.7 Å². The van der Waals surface area contributed by atoms with Gasteiger partial charge < -0.3 is 15.5 Å². The Kier molecular flexibility index (Phi) is 4.74. The number of hydrogen-bond acceptors (Lipinski definition) is 3. The number of pyridine rings is 1. The maximum Gasteiger partial charge on any atom is 0.255 e. The Morgan fingerprint density at radius 3 is 2.69 bits per heavy atom. The van der Waals surface area contributed by atoms with E-state index in [1.807, 2.05) is 12.1 Å². The first-order valence-corrected chi connectivity index (χ1v) is 10.1. The van der Waals surface area contributed by atoms with Crippen LogP contribution in [0.4, 0.5) is 0 Å². The van der Waals surface area contributed by atoms with E-state index in [0.29, 0.717) is 27.6 Å². The van der Waals surface area contributed by atoms with E-state index >= 15 is 0 Å². The normalized spacial score (nSPS) is 27.4. The Hall–Kier alpha value is -1.52. The van der Waals surface area contributed by atoms with E-state index in [9.17, 15) is 4.79 Å². The molecule has 140 valence electrons. The molecule has 0 amide bonds. The van der Waals surface area contributed by atoms with Gasteiger partial charge >= 0.3 is 0 Å². The van der Waals surface area contributed by atoms with Gasteiger partial charge in [-0.25, -0.2) is 0 Å². The lowest BCUT2D eigenvalue weighted by molar-refractivity contribution is 0.0435. The number of nitrogens with two attached hydrogens (primary N) is 1. The molecule has 2 aliphatic rings. The van der Waals surface area contributed by atoms with E-state index in [1.165, 1.54) is 12.8 Å². The topological polar surface area (TPSA) is 68.1 Å². The lowest BCUT2D eigenvalue weighted by atomic mass is 9.64. The zero-order valence-electron chi connectivity index (χ0n) is 15.3. The van der Waals surface area contributed by atoms with Gasteiger partial charge in [0.1, 0.15) is 5.75 Å². The van der Waals surface area contributed by atoms with E-state index in [0.717, 1.165) is 43.4 Å². The minimum Gasteiger partial charge on any atom is -0.489 e. The number of nitrogens with one attached hydrogen (secondary N) is 1. The molecule has 0 bridgehead atoms. The first kappa shape index (κ1) is 17.9. The summed E-state index contributed by atoms with van der Waals surface area (Å²) in [7, 11) is 0. The summed E-state index contributed by atoms with van der Waals surface area (Å²) in [5, 5.41) is 1.94. The maximum absolute atomic E-state index is 11.9. The number of fused-ring (bicyclic) bond motifs is 1. The van der Waals surface area contributed by atoms with Gasteiger partial charge in [-0.2, -0.15) is 0 Å². The van der Waals surface area contributed by atoms with Gasteiger partial charge in [0.2, 0.25) is 0 Å². The van der Waals surface area contributed by atoms with E-state index < -0.39 is 0 Å². The van der Waals surface area contributed by atoms with Gasteiger partial charge in [0.05, 0.1) is 11.1 Å². The third-order valence-corrected chi connectivity index (χ3v) is 6.85. The molecule has 2 saturated carbocycles. The van der Waals surface area contributed by atoms with Crippen LogP contribution in [0.5, 0.6) is 5.75 Å². The summed E-state index contributed by atoms with van der Waals surface area (Å²) in [5.74, 6) is 1.49. The Balaban J connectivity index is 1.50. The number of aromatic nitrogens is 1. The predicted molar refractivity (Wildman–Crippen MR) is 106 cm³/mol. The summed E-state index contributed by atoms with van der Waals surface area (Å²) >= 11 is 6.39. The van der Waals surface area contributed by atoms with Crippen LogP contribution < -0.4 is 16.0 Å². The lowest BCUT2D eigenvalue weighted by Gasteiger charge is -2.44. The van der Waals surface area contributed by atoms with Gasteiger partial charge in [-0.1, -0.05) is 18.5 Å². The van der Waals surface area contributed by atoms with Crippen molar-refractivity contribution in [2.24, 2.45) is 17.1 Å². The third kappa shape index (κ3) is 3.14. The summed E-state index contributed by atoms with van der Waals surface area (Å²) in [6.07, 6.45) is 9.87. The number of ether oxygens (including phenoxy) is 1. The molecule has 4 nitrogen and oxygen atoms in total. The summed E-state index contributed by atoms with van der Waals surface area (Å²) < 4.78 is 6.26. The third-order valence-electron chi connectivity index (χ3n) is 6.55. The Morgan fingerprint density at radius 2 is 2.04 bits per heavy atom. The minimum atomic E-state index is -0.128. The van der Waals surface area contributed by atoms with Crippen LogP contribution in [-0.4, -0.2) is 17.1 Å². The van der Waals surface area contributed by atoms with Crippen LogP contribution in [-0.2, 0) is 0 Å². The van der Waals surface area contributed by atoms with E-state index in [4.69, 9.17) is 22.1 Å². The second-order valence-corrected chi connectivity index (χ2v) is 8.42. The second kappa shape index (κ2) is 6.90. The van der Waals surface area contributed by atoms with Gasteiger partial charge in [0.15, 0.2) is 0 Å². The van der Waals surface area contributed by atoms with Crippen molar-refractivity contribution in [3.8, 4) is 5.75 Å². The summed E-state index contributed by atoms with van der Waals surface area (Å²) in [6, 6.07) is 5.76. The molecule has 1 aromatic heterocycles. The van der Waals surface area contributed by atoms with Gasteiger partial charge in [-0.15, -0.1) is 0 Å². The molecule has 0 aliphatic heterocycles. The fraction of sp³-hybridized carbons (Fsp3) is 0.571. The highest BCUT2D eigenvalue weighted by Gasteiger charge is 2.50. The Bertz CT molecular complexity index is 851. The summed E-state index contributed by atoms with van der Waals surface area (Å²) in [4.78, 5) is 14.6. The van der Waals surface area contributed by atoms with Crippen molar-refractivity contribution in [2.75, 3.05) is 0 Å². The Morgan fingerprint density at radius 1 is 1.31 bits per heavy atom. The highest BCUT2D eigenvalue weighted by Crippen LogP contribution is 2.56. The largest absolute Gasteiger partial charge is 0.489 e. The van der Waals surface area contributed by atoms with Crippen molar-refractivity contribution in [3.63, 3.8) is 0 Å². The first-order chi connectivity index (χ1) is 12.5. The van der Waals surface area contributed by atoms with Gasteiger partial charge in [-0.3, -0.25) is 4.79 Å². The average Bonchev–Trinajstić information content (AvgIpc) is 3.49. The molecule has 0 spiro atoms. The van der Waals surface area contributed by atoms with Crippen molar-refractivity contribution in [1.82, 2.24) is 4.98 Å². The molecule has 2 aromatic rings. The van der Waals surface area contributed by atoms with Gasteiger partial charge in [0.25, 0.3) is 5.56 Å². The molecule has 1 heterocycles. The SMILES string of the molecule is CC[C@@H](N)[C@]1(C2CC2)CC[C@@H](Oc2cc3cc[nH]c(=O)c3cc2Cl)CC1. The quantitative estimate of drug-likeness (QED) is 0.801. The number of H-pyrrole nitrogens is 1. The van der Waals surface area contributed by atoms with Gasteiger partial charge in [-0.05, 0) is 79.9 Å². The fourth-order valence-corrected chi connectivity index (χ4v) is 5.06. The molecular formula is C21H27ClN2O2. The van der Waals surface area contributed by atoms with Crippen LogP contribution in [0, 0.1) is 11.3 Å². The minimum absolute atomic E-state index is 0.128. The smallest absolute Gasteiger partial charge is 0.255 e. The monoisotopic (exact) mass is 374 g/mol. The van der Waals surface area contributed by atoms with Crippen molar-refractivity contribution >= 4 is 22.4 Å². The number of halogens is 1. The molecule has 2 fully saturated rings. The standard InChI is InChI=1S/C21H27ClN2O2/c1-2-19(23)21(14-3-4-14)8-5-15(6-9-21)26-18-11-13-7-10-24-20(25)16(13)12-17(18)22/h7,10-12,14-15,19H,2-6,8-9,23H2,1H3,(H,24,25)/t15-,19-,21-/m1/s1. The van der Waals surface area contributed by atoms with Crippen LogP contribution in [0.2, 0.25) is 5.02 Å². The molecule has 5 heteroatoms. The summed E-state index contributed by atoms with van der Waals surface area (Å²) in [6.45, 7) is 2.20. The zero-order chi connectivity index (χ0) is 18.3. The predicted octanol–water partition coefficient (Wildman–Crippen LogP) is 4.64. The lowest BCUT2D eigenvalue weighted by Crippen LogP contribution is -2.47. The van der Waals surface area contributed by atoms with E-state index in [2.05, 4.69) is 11.9 Å². The summed E-state index contributed by atoms with van der Waals surface area (Å²) in [5.41, 5.74) is 6.71. The first-order valence-electron chi connectivity index (χ1n) is 9.76. The van der Waals surface area contributed by atoms with E-state index in [1.54, 1.807) is 12.3 Å². The van der Waals surface area contributed by atoms with Crippen LogP contribution in [0.25, 0.3) is 10.8 Å². The molecule has 26 heavy (non-hydrogen) atoms. The zero-order valence-corrected chi connectivity index (χ0v) is 16.0. The van der Waals surface area contributed by atoms with Crippen molar-refractivity contribution in [1.29, 1.82) is 0 Å². The number of aromatic amines is 1. The molecule has 4 rings (SSSR count). The van der Waals surface area contributed by atoms with Crippen molar-refractivity contribution in [2.45, 2.75) is 64.0 Å². The molecule has 1 atom stereocenters. The molecular weight excluding hydrogens is 348 g/mol. The molecule has 0 saturated heterocycles. The van der Waals surface area contributed by atoms with Crippen LogP contribution in [0.15, 0.2) is 29.2 Å². The molecule has 0 unspecified atom stereocenters. The number of rotatable bonds is 5. The molecule has 2 aliphatic carbocycles. The second-order valence-electron chi connectivity index (χ2n) is 8.02. The maximum atomic E-state index is 11.9. The van der Waals surface area contributed by atoms with Crippen LogP contribution >= 0.6 is 11.6 Å². The molecule has 1 aromatic carbocycles. The van der Waals surface area contributed by atoms with Gasteiger partial charge in [0, 0.05) is 17.6 Å². The number of benzene rings is 1. The van der Waals surface area contributed by atoms with Crippen molar-refractivity contribution < 1.29 is 4.74 Å². The molecule has 3 N–H and O–H groups in total. The van der Waals surface area contributed by atoms with Crippen LogP contribution in [0.3, 0.4) is 0 Å². The number of hydrogen-bond donors (Lipinski definition) is 2. The highest BCUT2D eigenvalue weighted by atomic mass is 35.5. The van der Waals surface area contributed by atoms with Crippen molar-refractivity contribution in [3.05, 3.63) is 39.8 Å². The van der Waals surface area contributed by atoms with Crippen LogP contribution in [0.1, 0.15) is 51.9 Å². The fourth-order valence-electron chi connectivity index (χ4n) is 4.85.